The van der Waals surface area contributed by atoms with Crippen LogP contribution in [0.25, 0.3) is 10.9 Å². The lowest BCUT2D eigenvalue weighted by Gasteiger charge is -2.07. The molecular formula is C17H16ClN5S. The fourth-order valence-corrected chi connectivity index (χ4v) is 2.76. The molecule has 2 aromatic carbocycles. The number of nitrogens with two attached hydrogens (primary N) is 1. The van der Waals surface area contributed by atoms with Crippen LogP contribution in [0.5, 0.6) is 0 Å². The van der Waals surface area contributed by atoms with Gasteiger partial charge in [0.15, 0.2) is 0 Å². The molecule has 0 fully saturated rings. The van der Waals surface area contributed by atoms with Crippen LogP contribution >= 0.6 is 23.8 Å². The standard InChI is InChI=1S/C17H16ClN5S/c18-15-7-3-1-5-12(15)10-23-11-13(9-20-22-17(24)21-19)14-6-2-4-8-16(14)23/h1-9,11H,10,19H2,(H2,21,22,24)/b20-9+. The van der Waals surface area contributed by atoms with Crippen LogP contribution in [0.3, 0.4) is 0 Å². The van der Waals surface area contributed by atoms with E-state index in [4.69, 9.17) is 29.7 Å². The van der Waals surface area contributed by atoms with Crippen LogP contribution in [0.2, 0.25) is 5.02 Å². The second-order valence-electron chi connectivity index (χ2n) is 5.16. The highest BCUT2D eigenvalue weighted by Crippen LogP contribution is 2.23. The summed E-state index contributed by atoms with van der Waals surface area (Å²) in [6.07, 6.45) is 3.76. The van der Waals surface area contributed by atoms with E-state index in [1.165, 1.54) is 0 Å². The molecule has 1 heterocycles. The van der Waals surface area contributed by atoms with Gasteiger partial charge in [0.1, 0.15) is 0 Å². The minimum absolute atomic E-state index is 0.256. The van der Waals surface area contributed by atoms with Gasteiger partial charge in [-0.1, -0.05) is 48.0 Å². The maximum atomic E-state index is 6.28. The first-order valence-corrected chi connectivity index (χ1v) is 8.08. The number of benzene rings is 2. The van der Waals surface area contributed by atoms with Crippen molar-refractivity contribution in [1.82, 2.24) is 15.4 Å². The monoisotopic (exact) mass is 357 g/mol. The Hall–Kier alpha value is -2.41. The van der Waals surface area contributed by atoms with Crippen molar-refractivity contribution in [2.45, 2.75) is 6.54 Å². The molecule has 0 amide bonds. The summed E-state index contributed by atoms with van der Waals surface area (Å²) >= 11 is 11.2. The molecule has 0 spiro atoms. The van der Waals surface area contributed by atoms with Gasteiger partial charge in [0.05, 0.1) is 6.21 Å². The fourth-order valence-electron chi connectivity index (χ4n) is 2.51. The van der Waals surface area contributed by atoms with E-state index < -0.39 is 0 Å². The molecule has 0 unspecified atom stereocenters. The number of para-hydroxylation sites is 1. The summed E-state index contributed by atoms with van der Waals surface area (Å²) in [5.74, 6) is 5.20. The third-order valence-electron chi connectivity index (χ3n) is 3.62. The molecule has 0 saturated heterocycles. The average Bonchev–Trinajstić information content (AvgIpc) is 2.95. The van der Waals surface area contributed by atoms with Crippen LogP contribution in [-0.4, -0.2) is 15.9 Å². The molecule has 0 aliphatic heterocycles. The molecule has 0 radical (unpaired) electrons. The third-order valence-corrected chi connectivity index (χ3v) is 4.20. The summed E-state index contributed by atoms with van der Waals surface area (Å²) in [7, 11) is 0. The predicted molar refractivity (Wildman–Crippen MR) is 103 cm³/mol. The maximum absolute atomic E-state index is 6.28. The molecule has 7 heteroatoms. The number of nitrogens with zero attached hydrogens (tertiary/aromatic N) is 2. The van der Waals surface area contributed by atoms with Crippen LogP contribution in [0, 0.1) is 0 Å². The Morgan fingerprint density at radius 2 is 1.96 bits per heavy atom. The normalized spacial score (nSPS) is 11.1. The number of hydrazine groups is 1. The van der Waals surface area contributed by atoms with E-state index in [2.05, 4.69) is 32.7 Å². The van der Waals surface area contributed by atoms with Gasteiger partial charge in [-0.25, -0.2) is 5.84 Å². The van der Waals surface area contributed by atoms with Crippen molar-refractivity contribution in [1.29, 1.82) is 0 Å². The lowest BCUT2D eigenvalue weighted by Crippen LogP contribution is -2.37. The number of fused-ring (bicyclic) bond motifs is 1. The number of nitrogens with one attached hydrogen (secondary N) is 2. The quantitative estimate of drug-likeness (QED) is 0.290. The van der Waals surface area contributed by atoms with Gasteiger partial charge in [0, 0.05) is 34.2 Å². The van der Waals surface area contributed by atoms with Gasteiger partial charge < -0.3 is 4.57 Å². The van der Waals surface area contributed by atoms with E-state index in [1.807, 2.05) is 42.6 Å². The zero-order chi connectivity index (χ0) is 16.9. The van der Waals surface area contributed by atoms with E-state index in [-0.39, 0.29) is 5.11 Å². The number of rotatable bonds is 4. The highest BCUT2D eigenvalue weighted by atomic mass is 35.5. The van der Waals surface area contributed by atoms with Gasteiger partial charge in [-0.05, 0) is 29.9 Å². The topological polar surface area (TPSA) is 67.4 Å². The van der Waals surface area contributed by atoms with E-state index >= 15 is 0 Å². The zero-order valence-corrected chi connectivity index (χ0v) is 14.3. The summed E-state index contributed by atoms with van der Waals surface area (Å²) in [5.41, 5.74) is 8.12. The summed E-state index contributed by atoms with van der Waals surface area (Å²) in [6, 6.07) is 16.0. The number of thiocarbonyl (C=S) groups is 1. The molecule has 0 atom stereocenters. The van der Waals surface area contributed by atoms with Gasteiger partial charge in [-0.15, -0.1) is 0 Å². The highest BCUT2D eigenvalue weighted by Gasteiger charge is 2.08. The Balaban J connectivity index is 1.94. The first kappa shape index (κ1) is 16.4. The molecule has 3 aromatic rings. The molecule has 5 nitrogen and oxygen atoms in total. The Morgan fingerprint density at radius 1 is 1.21 bits per heavy atom. The molecule has 24 heavy (non-hydrogen) atoms. The summed E-state index contributed by atoms with van der Waals surface area (Å²) in [5, 5.41) is 6.21. The third kappa shape index (κ3) is 3.56. The Kier molecular flexibility index (Phi) is 5.10. The number of halogens is 1. The number of hydrazone groups is 1. The van der Waals surface area contributed by atoms with Crippen molar-refractivity contribution in [3.05, 3.63) is 70.9 Å². The molecular weight excluding hydrogens is 342 g/mol. The first-order chi connectivity index (χ1) is 11.7. The van der Waals surface area contributed by atoms with Gasteiger partial charge in [-0.2, -0.15) is 5.10 Å². The van der Waals surface area contributed by atoms with Crippen LogP contribution in [0.1, 0.15) is 11.1 Å². The molecule has 1 aromatic heterocycles. The molecule has 0 saturated carbocycles. The lowest BCUT2D eigenvalue weighted by molar-refractivity contribution is 0.836. The molecule has 122 valence electrons. The average molecular weight is 358 g/mol. The number of aromatic nitrogens is 1. The van der Waals surface area contributed by atoms with E-state index in [1.54, 1.807) is 6.21 Å². The maximum Gasteiger partial charge on any atom is 0.201 e. The van der Waals surface area contributed by atoms with Gasteiger partial charge in [-0.3, -0.25) is 10.9 Å². The van der Waals surface area contributed by atoms with Crippen molar-refractivity contribution >= 4 is 46.0 Å². The van der Waals surface area contributed by atoms with Crippen molar-refractivity contribution in [3.63, 3.8) is 0 Å². The SMILES string of the molecule is NNC(=S)N/N=C/c1cn(Cc2ccccc2Cl)c2ccccc12. The fraction of sp³-hybridized carbons (Fsp3) is 0.0588. The van der Waals surface area contributed by atoms with Crippen molar-refractivity contribution in [3.8, 4) is 0 Å². The van der Waals surface area contributed by atoms with Gasteiger partial charge in [0.2, 0.25) is 5.11 Å². The molecule has 0 aliphatic rings. The highest BCUT2D eigenvalue weighted by molar-refractivity contribution is 7.80. The predicted octanol–water partition coefficient (Wildman–Crippen LogP) is 3.01. The summed E-state index contributed by atoms with van der Waals surface area (Å²) in [6.45, 7) is 0.685. The van der Waals surface area contributed by atoms with Crippen molar-refractivity contribution in [2.24, 2.45) is 10.9 Å². The largest absolute Gasteiger partial charge is 0.342 e. The molecule has 4 N–H and O–H groups in total. The van der Waals surface area contributed by atoms with Gasteiger partial charge >= 0.3 is 0 Å². The second kappa shape index (κ2) is 7.44. The van der Waals surface area contributed by atoms with Crippen LogP contribution in [-0.2, 0) is 6.54 Å². The number of hydrogen-bond donors (Lipinski definition) is 3. The Labute approximate surface area is 150 Å². The van der Waals surface area contributed by atoms with Crippen LogP contribution < -0.4 is 16.7 Å². The molecule has 0 aliphatic carbocycles. The van der Waals surface area contributed by atoms with Crippen molar-refractivity contribution < 1.29 is 0 Å². The lowest BCUT2D eigenvalue weighted by atomic mass is 10.2. The molecule has 3 rings (SSSR count). The minimum Gasteiger partial charge on any atom is -0.342 e. The van der Waals surface area contributed by atoms with Crippen LogP contribution in [0.15, 0.2) is 59.8 Å². The van der Waals surface area contributed by atoms with Gasteiger partial charge in [0.25, 0.3) is 0 Å². The summed E-state index contributed by atoms with van der Waals surface area (Å²) < 4.78 is 2.15. The second-order valence-corrected chi connectivity index (χ2v) is 5.98. The van der Waals surface area contributed by atoms with Crippen molar-refractivity contribution in [2.75, 3.05) is 0 Å². The van der Waals surface area contributed by atoms with Crippen LogP contribution in [0.4, 0.5) is 0 Å². The smallest absolute Gasteiger partial charge is 0.201 e. The molecule has 0 bridgehead atoms. The zero-order valence-electron chi connectivity index (χ0n) is 12.7. The minimum atomic E-state index is 0.256. The van der Waals surface area contributed by atoms with E-state index in [9.17, 15) is 0 Å². The Bertz CT molecular complexity index is 903. The van der Waals surface area contributed by atoms with E-state index in [0.29, 0.717) is 6.54 Å². The van der Waals surface area contributed by atoms with E-state index in [0.717, 1.165) is 27.1 Å². The Morgan fingerprint density at radius 3 is 2.75 bits per heavy atom. The first-order valence-electron chi connectivity index (χ1n) is 7.30. The summed E-state index contributed by atoms with van der Waals surface area (Å²) in [4.78, 5) is 0. The number of hydrogen-bond acceptors (Lipinski definition) is 3.